The van der Waals surface area contributed by atoms with Crippen LogP contribution in [0, 0.1) is 0 Å². The molecular formula is C16H16F2N4O2S2. The lowest BCUT2D eigenvalue weighted by atomic mass is 10.3. The topological polar surface area (TPSA) is 68.1 Å². The minimum atomic E-state index is -3.55. The number of alkyl halides is 2. The van der Waals surface area contributed by atoms with Gasteiger partial charge < -0.3 is 0 Å². The molecule has 3 rings (SSSR count). The van der Waals surface area contributed by atoms with Crippen molar-refractivity contribution in [2.45, 2.75) is 22.2 Å². The molecule has 2 aromatic heterocycles. The van der Waals surface area contributed by atoms with Crippen LogP contribution in [-0.2, 0) is 15.8 Å². The van der Waals surface area contributed by atoms with Crippen LogP contribution in [0.4, 0.5) is 8.78 Å². The molecule has 0 bridgehead atoms. The molecule has 0 radical (unpaired) electrons. The van der Waals surface area contributed by atoms with E-state index in [4.69, 9.17) is 0 Å². The number of fused-ring (bicyclic) bond motifs is 1. The van der Waals surface area contributed by atoms with Gasteiger partial charge in [0.1, 0.15) is 10.7 Å². The molecule has 6 nitrogen and oxygen atoms in total. The van der Waals surface area contributed by atoms with Crippen molar-refractivity contribution in [1.82, 2.24) is 18.8 Å². The first kappa shape index (κ1) is 18.7. The first-order chi connectivity index (χ1) is 12.3. The number of pyridine rings is 1. The van der Waals surface area contributed by atoms with E-state index >= 15 is 0 Å². The molecule has 138 valence electrons. The van der Waals surface area contributed by atoms with Crippen LogP contribution in [0.3, 0.4) is 0 Å². The Kier molecular flexibility index (Phi) is 5.26. The fourth-order valence-corrected chi connectivity index (χ4v) is 3.99. The van der Waals surface area contributed by atoms with Crippen molar-refractivity contribution in [2.75, 3.05) is 14.1 Å². The van der Waals surface area contributed by atoms with Crippen molar-refractivity contribution in [3.8, 4) is 0 Å². The molecule has 0 saturated heterocycles. The van der Waals surface area contributed by atoms with Crippen molar-refractivity contribution in [3.63, 3.8) is 0 Å². The van der Waals surface area contributed by atoms with Crippen LogP contribution in [-0.4, -0.2) is 41.4 Å². The second-order valence-electron chi connectivity index (χ2n) is 5.57. The SMILES string of the molecule is CN(C)S(=O)(=O)c1ccc(SCc2nc3ccccc3n2C(F)F)nc1. The maximum Gasteiger partial charge on any atom is 0.320 e. The largest absolute Gasteiger partial charge is 0.320 e. The number of hydrogen-bond acceptors (Lipinski definition) is 5. The maximum absolute atomic E-state index is 13.4. The van der Waals surface area contributed by atoms with E-state index in [1.807, 2.05) is 0 Å². The summed E-state index contributed by atoms with van der Waals surface area (Å²) < 4.78 is 52.8. The number of sulfonamides is 1. The second kappa shape index (κ2) is 7.29. The number of rotatable bonds is 6. The highest BCUT2D eigenvalue weighted by Gasteiger charge is 2.19. The molecule has 26 heavy (non-hydrogen) atoms. The predicted octanol–water partition coefficient (Wildman–Crippen LogP) is 3.37. The molecule has 0 amide bonds. The van der Waals surface area contributed by atoms with E-state index in [2.05, 4.69) is 9.97 Å². The first-order valence-electron chi connectivity index (χ1n) is 7.56. The number of benzene rings is 1. The van der Waals surface area contributed by atoms with Gasteiger partial charge >= 0.3 is 6.55 Å². The average Bonchev–Trinajstić information content (AvgIpc) is 2.98. The molecule has 0 aliphatic rings. The van der Waals surface area contributed by atoms with Gasteiger partial charge in [-0.1, -0.05) is 23.9 Å². The summed E-state index contributed by atoms with van der Waals surface area (Å²) in [4.78, 5) is 8.44. The quantitative estimate of drug-likeness (QED) is 0.596. The van der Waals surface area contributed by atoms with Gasteiger partial charge in [-0.25, -0.2) is 22.7 Å². The highest BCUT2D eigenvalue weighted by molar-refractivity contribution is 7.98. The summed E-state index contributed by atoms with van der Waals surface area (Å²) in [6, 6.07) is 9.71. The zero-order valence-electron chi connectivity index (χ0n) is 14.0. The zero-order chi connectivity index (χ0) is 18.9. The second-order valence-corrected chi connectivity index (χ2v) is 8.72. The van der Waals surface area contributed by atoms with Gasteiger partial charge in [0.15, 0.2) is 0 Å². The lowest BCUT2D eigenvalue weighted by Crippen LogP contribution is -2.22. The Balaban J connectivity index is 1.82. The van der Waals surface area contributed by atoms with Gasteiger partial charge in [0.05, 0.1) is 21.8 Å². The van der Waals surface area contributed by atoms with E-state index in [9.17, 15) is 17.2 Å². The predicted molar refractivity (Wildman–Crippen MR) is 95.7 cm³/mol. The Labute approximate surface area is 153 Å². The summed E-state index contributed by atoms with van der Waals surface area (Å²) >= 11 is 1.21. The normalized spacial score (nSPS) is 12.4. The lowest BCUT2D eigenvalue weighted by Gasteiger charge is -2.11. The Morgan fingerprint density at radius 1 is 1.19 bits per heavy atom. The van der Waals surface area contributed by atoms with Crippen LogP contribution in [0.25, 0.3) is 11.0 Å². The van der Waals surface area contributed by atoms with Gasteiger partial charge in [-0.2, -0.15) is 8.78 Å². The van der Waals surface area contributed by atoms with Crippen molar-refractivity contribution in [3.05, 3.63) is 48.4 Å². The van der Waals surface area contributed by atoms with Gasteiger partial charge in [0, 0.05) is 20.3 Å². The van der Waals surface area contributed by atoms with Crippen LogP contribution in [0.5, 0.6) is 0 Å². The van der Waals surface area contributed by atoms with Crippen molar-refractivity contribution < 1.29 is 17.2 Å². The number of nitrogens with zero attached hydrogens (tertiary/aromatic N) is 4. The Bertz CT molecular complexity index is 1020. The Morgan fingerprint density at radius 2 is 1.92 bits per heavy atom. The first-order valence-corrected chi connectivity index (χ1v) is 9.98. The molecule has 2 heterocycles. The number of hydrogen-bond donors (Lipinski definition) is 0. The molecule has 0 aliphatic heterocycles. The minimum absolute atomic E-state index is 0.0756. The van der Waals surface area contributed by atoms with E-state index in [1.54, 1.807) is 30.3 Å². The summed E-state index contributed by atoms with van der Waals surface area (Å²) in [5.41, 5.74) is 0.877. The van der Waals surface area contributed by atoms with Crippen LogP contribution < -0.4 is 0 Å². The van der Waals surface area contributed by atoms with Gasteiger partial charge in [-0.05, 0) is 24.3 Å². The Hall–Kier alpha value is -2.04. The average molecular weight is 398 g/mol. The Morgan fingerprint density at radius 3 is 2.54 bits per heavy atom. The van der Waals surface area contributed by atoms with Crippen molar-refractivity contribution in [1.29, 1.82) is 0 Å². The highest BCUT2D eigenvalue weighted by atomic mass is 32.2. The number of imidazole rings is 1. The summed E-state index contributed by atoms with van der Waals surface area (Å²) in [5.74, 6) is 0.421. The van der Waals surface area contributed by atoms with Gasteiger partial charge in [-0.3, -0.25) is 4.57 Å². The molecule has 0 atom stereocenters. The third-order valence-electron chi connectivity index (χ3n) is 3.70. The lowest BCUT2D eigenvalue weighted by molar-refractivity contribution is 0.0722. The maximum atomic E-state index is 13.4. The van der Waals surface area contributed by atoms with Crippen LogP contribution in [0.2, 0.25) is 0 Å². The van der Waals surface area contributed by atoms with Gasteiger partial charge in [-0.15, -0.1) is 0 Å². The van der Waals surface area contributed by atoms with Crippen LogP contribution >= 0.6 is 11.8 Å². The van der Waals surface area contributed by atoms with Crippen LogP contribution in [0.15, 0.2) is 52.5 Å². The van der Waals surface area contributed by atoms with E-state index in [-0.39, 0.29) is 16.5 Å². The van der Waals surface area contributed by atoms with E-state index in [0.717, 1.165) is 8.87 Å². The summed E-state index contributed by atoms with van der Waals surface area (Å²) in [7, 11) is -0.675. The highest BCUT2D eigenvalue weighted by Crippen LogP contribution is 2.28. The molecule has 0 fully saturated rings. The minimum Gasteiger partial charge on any atom is -0.269 e. The smallest absolute Gasteiger partial charge is 0.269 e. The van der Waals surface area contributed by atoms with E-state index < -0.39 is 16.6 Å². The number of aromatic nitrogens is 3. The van der Waals surface area contributed by atoms with E-state index in [1.165, 1.54) is 38.1 Å². The number of thioether (sulfide) groups is 1. The van der Waals surface area contributed by atoms with Gasteiger partial charge in [0.25, 0.3) is 0 Å². The third-order valence-corrected chi connectivity index (χ3v) is 6.44. The number of halogens is 2. The molecule has 0 unspecified atom stereocenters. The standard InChI is InChI=1S/C16H16F2N4O2S2/c1-21(2)26(23,24)11-7-8-15(19-9-11)25-10-14-20-12-5-3-4-6-13(12)22(14)16(17)18/h3-9,16H,10H2,1-2H3. The molecule has 0 aliphatic carbocycles. The molecule has 0 saturated carbocycles. The third kappa shape index (κ3) is 3.57. The molecule has 10 heteroatoms. The van der Waals surface area contributed by atoms with Crippen LogP contribution in [0.1, 0.15) is 12.4 Å². The molecule has 0 N–H and O–H groups in total. The molecule has 3 aromatic rings. The molecule has 1 aromatic carbocycles. The zero-order valence-corrected chi connectivity index (χ0v) is 15.6. The molecule has 0 spiro atoms. The number of para-hydroxylation sites is 2. The monoisotopic (exact) mass is 398 g/mol. The fraction of sp³-hybridized carbons (Fsp3) is 0.250. The van der Waals surface area contributed by atoms with Crippen molar-refractivity contribution >= 4 is 32.8 Å². The summed E-state index contributed by atoms with van der Waals surface area (Å²) in [5, 5.41) is 0.524. The fourth-order valence-electron chi connectivity index (χ4n) is 2.37. The summed E-state index contributed by atoms with van der Waals surface area (Å²) in [6.45, 7) is -2.70. The van der Waals surface area contributed by atoms with Gasteiger partial charge in [0.2, 0.25) is 10.0 Å². The van der Waals surface area contributed by atoms with Crippen molar-refractivity contribution in [2.24, 2.45) is 0 Å². The molecular weight excluding hydrogens is 382 g/mol. The van der Waals surface area contributed by atoms with E-state index in [0.29, 0.717) is 16.1 Å². The summed E-state index contributed by atoms with van der Waals surface area (Å²) in [6.07, 6.45) is 1.26.